The normalized spacial score (nSPS) is 13.0. The second-order valence-corrected chi connectivity index (χ2v) is 8.06. The molecule has 0 unspecified atom stereocenters. The summed E-state index contributed by atoms with van der Waals surface area (Å²) in [6, 6.07) is 17.6. The summed E-state index contributed by atoms with van der Waals surface area (Å²) in [5.41, 5.74) is 4.65. The number of carbonyl (C=O) groups excluding carboxylic acids is 2. The molecule has 4 rings (SSSR count). The zero-order valence-corrected chi connectivity index (χ0v) is 18.2. The third-order valence-electron chi connectivity index (χ3n) is 5.47. The Kier molecular flexibility index (Phi) is 6.21. The number of halogens is 1. The molecule has 0 radical (unpaired) electrons. The van der Waals surface area contributed by atoms with Gasteiger partial charge in [-0.15, -0.1) is 0 Å². The lowest BCUT2D eigenvalue weighted by Crippen LogP contribution is -2.37. The van der Waals surface area contributed by atoms with Crippen molar-refractivity contribution in [2.45, 2.75) is 26.8 Å². The largest absolute Gasteiger partial charge is 0.483 e. The Balaban J connectivity index is 1.43. The first kappa shape index (κ1) is 21.6. The first-order chi connectivity index (χ1) is 15.4. The SMILES string of the molecule is Cc1cc(C)cc(NC(=O)COc2cccc3c2CCN(Cc2ccccc2F)C3=O)c1. The van der Waals surface area contributed by atoms with E-state index < -0.39 is 0 Å². The third-order valence-corrected chi connectivity index (χ3v) is 5.47. The van der Waals surface area contributed by atoms with Gasteiger partial charge in [-0.05, 0) is 61.7 Å². The van der Waals surface area contributed by atoms with Crippen molar-refractivity contribution in [1.29, 1.82) is 0 Å². The van der Waals surface area contributed by atoms with Crippen LogP contribution in [0.5, 0.6) is 5.75 Å². The molecule has 0 spiro atoms. The van der Waals surface area contributed by atoms with Crippen molar-refractivity contribution in [3.05, 3.63) is 94.3 Å². The van der Waals surface area contributed by atoms with Gasteiger partial charge in [0.2, 0.25) is 0 Å². The molecule has 32 heavy (non-hydrogen) atoms. The molecule has 0 aliphatic carbocycles. The van der Waals surface area contributed by atoms with Crippen molar-refractivity contribution in [3.8, 4) is 5.75 Å². The number of rotatable bonds is 6. The molecular formula is C26H25FN2O3. The van der Waals surface area contributed by atoms with Crippen LogP contribution in [0.15, 0.2) is 60.7 Å². The van der Waals surface area contributed by atoms with Crippen LogP contribution >= 0.6 is 0 Å². The number of ether oxygens (including phenoxy) is 1. The maximum atomic E-state index is 14.0. The van der Waals surface area contributed by atoms with Gasteiger partial charge in [0, 0.05) is 35.5 Å². The molecule has 6 heteroatoms. The number of carbonyl (C=O) groups is 2. The van der Waals surface area contributed by atoms with Crippen molar-refractivity contribution in [2.75, 3.05) is 18.5 Å². The molecule has 0 bridgehead atoms. The molecule has 1 heterocycles. The van der Waals surface area contributed by atoms with E-state index in [1.807, 2.05) is 32.0 Å². The maximum absolute atomic E-state index is 14.0. The van der Waals surface area contributed by atoms with E-state index in [0.29, 0.717) is 29.8 Å². The monoisotopic (exact) mass is 432 g/mol. The van der Waals surface area contributed by atoms with E-state index in [2.05, 4.69) is 5.32 Å². The second-order valence-electron chi connectivity index (χ2n) is 8.06. The average molecular weight is 432 g/mol. The van der Waals surface area contributed by atoms with Crippen molar-refractivity contribution in [3.63, 3.8) is 0 Å². The van der Waals surface area contributed by atoms with Crippen molar-refractivity contribution in [1.82, 2.24) is 4.90 Å². The fraction of sp³-hybridized carbons (Fsp3) is 0.231. The highest BCUT2D eigenvalue weighted by Crippen LogP contribution is 2.29. The fourth-order valence-electron chi connectivity index (χ4n) is 4.05. The molecule has 5 nitrogen and oxygen atoms in total. The first-order valence-electron chi connectivity index (χ1n) is 10.6. The van der Waals surface area contributed by atoms with Gasteiger partial charge in [0.05, 0.1) is 0 Å². The number of benzene rings is 3. The van der Waals surface area contributed by atoms with Gasteiger partial charge in [-0.2, -0.15) is 0 Å². The van der Waals surface area contributed by atoms with E-state index >= 15 is 0 Å². The lowest BCUT2D eigenvalue weighted by Gasteiger charge is -2.29. The lowest BCUT2D eigenvalue weighted by atomic mass is 9.97. The Morgan fingerprint density at radius 2 is 1.81 bits per heavy atom. The highest BCUT2D eigenvalue weighted by atomic mass is 19.1. The summed E-state index contributed by atoms with van der Waals surface area (Å²) >= 11 is 0. The topological polar surface area (TPSA) is 58.6 Å². The van der Waals surface area contributed by atoms with Crippen LogP contribution in [0.2, 0.25) is 0 Å². The minimum Gasteiger partial charge on any atom is -0.483 e. The standard InChI is InChI=1S/C26H25FN2O3/c1-17-12-18(2)14-20(13-17)28-25(30)16-32-24-9-5-7-22-21(24)10-11-29(26(22)31)15-19-6-3-4-8-23(19)27/h3-9,12-14H,10-11,15-16H2,1-2H3,(H,28,30). The zero-order valence-electron chi connectivity index (χ0n) is 18.2. The number of anilines is 1. The quantitative estimate of drug-likeness (QED) is 0.616. The van der Waals surface area contributed by atoms with E-state index in [1.54, 1.807) is 41.3 Å². The Bertz CT molecular complexity index is 1160. The predicted octanol–water partition coefficient (Wildman–Crippen LogP) is 4.66. The van der Waals surface area contributed by atoms with E-state index in [-0.39, 0.29) is 30.8 Å². The van der Waals surface area contributed by atoms with E-state index in [9.17, 15) is 14.0 Å². The molecule has 0 aromatic heterocycles. The number of aryl methyl sites for hydroxylation is 2. The van der Waals surface area contributed by atoms with Gasteiger partial charge in [-0.3, -0.25) is 9.59 Å². The lowest BCUT2D eigenvalue weighted by molar-refractivity contribution is -0.118. The van der Waals surface area contributed by atoms with Crippen LogP contribution in [0.3, 0.4) is 0 Å². The van der Waals surface area contributed by atoms with Gasteiger partial charge in [0.25, 0.3) is 11.8 Å². The van der Waals surface area contributed by atoms with Gasteiger partial charge >= 0.3 is 0 Å². The fourth-order valence-corrected chi connectivity index (χ4v) is 4.05. The average Bonchev–Trinajstić information content (AvgIpc) is 2.75. The summed E-state index contributed by atoms with van der Waals surface area (Å²) in [5, 5.41) is 2.85. The first-order valence-corrected chi connectivity index (χ1v) is 10.6. The molecule has 0 saturated heterocycles. The highest BCUT2D eigenvalue weighted by Gasteiger charge is 2.27. The number of amides is 2. The molecule has 0 fully saturated rings. The van der Waals surface area contributed by atoms with E-state index in [0.717, 1.165) is 22.4 Å². The number of hydrogen-bond donors (Lipinski definition) is 1. The van der Waals surface area contributed by atoms with Gasteiger partial charge in [-0.25, -0.2) is 4.39 Å². The Labute approximate surface area is 186 Å². The smallest absolute Gasteiger partial charge is 0.262 e. The Morgan fingerprint density at radius 3 is 2.56 bits per heavy atom. The van der Waals surface area contributed by atoms with Crippen molar-refractivity contribution >= 4 is 17.5 Å². The van der Waals surface area contributed by atoms with Crippen LogP contribution in [-0.4, -0.2) is 29.9 Å². The molecule has 3 aromatic carbocycles. The van der Waals surface area contributed by atoms with Gasteiger partial charge < -0.3 is 15.0 Å². The molecule has 2 amide bonds. The minimum atomic E-state index is -0.321. The molecule has 1 N–H and O–H groups in total. The number of nitrogens with zero attached hydrogens (tertiary/aromatic N) is 1. The zero-order chi connectivity index (χ0) is 22.7. The van der Waals surface area contributed by atoms with Crippen LogP contribution in [0, 0.1) is 19.7 Å². The summed E-state index contributed by atoms with van der Waals surface area (Å²) in [5.74, 6) is -0.231. The summed E-state index contributed by atoms with van der Waals surface area (Å²) in [6.45, 7) is 4.46. The van der Waals surface area contributed by atoms with Gasteiger partial charge in [0.15, 0.2) is 6.61 Å². The van der Waals surface area contributed by atoms with Crippen molar-refractivity contribution in [2.24, 2.45) is 0 Å². The Hall–Kier alpha value is -3.67. The van der Waals surface area contributed by atoms with Gasteiger partial charge in [0.1, 0.15) is 11.6 Å². The summed E-state index contributed by atoms with van der Waals surface area (Å²) in [7, 11) is 0. The summed E-state index contributed by atoms with van der Waals surface area (Å²) < 4.78 is 19.8. The molecule has 1 aliphatic rings. The number of nitrogens with one attached hydrogen (secondary N) is 1. The molecular weight excluding hydrogens is 407 g/mol. The number of hydrogen-bond acceptors (Lipinski definition) is 3. The highest BCUT2D eigenvalue weighted by molar-refractivity contribution is 5.97. The van der Waals surface area contributed by atoms with Crippen LogP contribution in [0.4, 0.5) is 10.1 Å². The summed E-state index contributed by atoms with van der Waals surface area (Å²) in [6.07, 6.45) is 0.574. The second kappa shape index (κ2) is 9.22. The Morgan fingerprint density at radius 1 is 1.06 bits per heavy atom. The van der Waals surface area contributed by atoms with Crippen LogP contribution in [-0.2, 0) is 17.8 Å². The molecule has 1 aliphatic heterocycles. The minimum absolute atomic E-state index is 0.156. The van der Waals surface area contributed by atoms with E-state index in [4.69, 9.17) is 4.74 Å². The van der Waals surface area contributed by atoms with Crippen LogP contribution in [0.25, 0.3) is 0 Å². The molecule has 164 valence electrons. The predicted molar refractivity (Wildman–Crippen MR) is 121 cm³/mol. The molecule has 0 atom stereocenters. The van der Waals surface area contributed by atoms with Crippen LogP contribution < -0.4 is 10.1 Å². The van der Waals surface area contributed by atoms with Crippen LogP contribution in [0.1, 0.15) is 32.6 Å². The summed E-state index contributed by atoms with van der Waals surface area (Å²) in [4.78, 5) is 27.0. The maximum Gasteiger partial charge on any atom is 0.262 e. The number of fused-ring (bicyclic) bond motifs is 1. The van der Waals surface area contributed by atoms with Crippen molar-refractivity contribution < 1.29 is 18.7 Å². The van der Waals surface area contributed by atoms with E-state index in [1.165, 1.54) is 6.07 Å². The third kappa shape index (κ3) is 4.80. The molecule has 3 aromatic rings. The van der Waals surface area contributed by atoms with Gasteiger partial charge in [-0.1, -0.05) is 30.3 Å². The molecule has 0 saturated carbocycles.